The molecule has 0 radical (unpaired) electrons. The van der Waals surface area contributed by atoms with E-state index in [1.165, 1.54) is 0 Å². The number of amides is 1. The highest BCUT2D eigenvalue weighted by atomic mass is 32.1. The fourth-order valence-corrected chi connectivity index (χ4v) is 2.14. The van der Waals surface area contributed by atoms with Gasteiger partial charge in [-0.25, -0.2) is 4.98 Å². The van der Waals surface area contributed by atoms with Crippen LogP contribution in [-0.4, -0.2) is 21.1 Å². The minimum Gasteiger partial charge on any atom is -0.374 e. The second-order valence-electron chi connectivity index (χ2n) is 3.79. The standard InChI is InChI=1S/C12H9N5OS/c13-11-16-17-12(19-11)15-10(18)9-6-5-7-3-1-2-4-8(7)14-9/h1-6H,(H2,13,16)(H,15,17,18). The number of aromatic nitrogens is 3. The smallest absolute Gasteiger partial charge is 0.276 e. The maximum absolute atomic E-state index is 12.0. The average molecular weight is 271 g/mol. The number of pyridine rings is 1. The van der Waals surface area contributed by atoms with Gasteiger partial charge in [0.15, 0.2) is 0 Å². The van der Waals surface area contributed by atoms with Crippen molar-refractivity contribution in [2.24, 2.45) is 0 Å². The summed E-state index contributed by atoms with van der Waals surface area (Å²) in [4.78, 5) is 16.3. The largest absolute Gasteiger partial charge is 0.374 e. The lowest BCUT2D eigenvalue weighted by atomic mass is 10.2. The molecule has 3 N–H and O–H groups in total. The summed E-state index contributed by atoms with van der Waals surface area (Å²) in [5, 5.41) is 11.6. The third-order valence-electron chi connectivity index (χ3n) is 2.49. The molecule has 0 unspecified atom stereocenters. The Hall–Kier alpha value is -2.54. The second-order valence-corrected chi connectivity index (χ2v) is 4.80. The van der Waals surface area contributed by atoms with Gasteiger partial charge in [0.25, 0.3) is 5.91 Å². The molecular formula is C12H9N5OS. The number of para-hydroxylation sites is 1. The van der Waals surface area contributed by atoms with Crippen molar-refractivity contribution >= 4 is 38.4 Å². The van der Waals surface area contributed by atoms with E-state index in [4.69, 9.17) is 5.73 Å². The van der Waals surface area contributed by atoms with E-state index in [0.717, 1.165) is 22.2 Å². The lowest BCUT2D eigenvalue weighted by Gasteiger charge is -2.02. The summed E-state index contributed by atoms with van der Waals surface area (Å²) in [5.74, 6) is -0.332. The van der Waals surface area contributed by atoms with Crippen LogP contribution in [0.25, 0.3) is 10.9 Å². The zero-order valence-corrected chi connectivity index (χ0v) is 10.5. The first kappa shape index (κ1) is 11.5. The molecule has 0 bridgehead atoms. The third-order valence-corrected chi connectivity index (χ3v) is 3.16. The Morgan fingerprint density at radius 1 is 1.16 bits per heavy atom. The molecule has 1 amide bonds. The molecule has 3 aromatic rings. The molecule has 94 valence electrons. The number of hydrogen-bond acceptors (Lipinski definition) is 6. The van der Waals surface area contributed by atoms with Gasteiger partial charge in [-0.1, -0.05) is 35.6 Å². The van der Waals surface area contributed by atoms with Crippen molar-refractivity contribution in [2.75, 3.05) is 11.1 Å². The van der Waals surface area contributed by atoms with Crippen LogP contribution in [0.3, 0.4) is 0 Å². The van der Waals surface area contributed by atoms with Gasteiger partial charge in [0, 0.05) is 5.39 Å². The summed E-state index contributed by atoms with van der Waals surface area (Å²) in [5.41, 5.74) is 6.54. The van der Waals surface area contributed by atoms with Gasteiger partial charge in [0.1, 0.15) is 5.69 Å². The summed E-state index contributed by atoms with van der Waals surface area (Å²) in [6.45, 7) is 0. The van der Waals surface area contributed by atoms with E-state index in [9.17, 15) is 4.79 Å². The monoisotopic (exact) mass is 271 g/mol. The van der Waals surface area contributed by atoms with Crippen LogP contribution in [0.5, 0.6) is 0 Å². The van der Waals surface area contributed by atoms with Crippen molar-refractivity contribution in [2.45, 2.75) is 0 Å². The number of nitrogen functional groups attached to an aromatic ring is 1. The predicted molar refractivity (Wildman–Crippen MR) is 74.0 cm³/mol. The van der Waals surface area contributed by atoms with Gasteiger partial charge in [-0.2, -0.15) is 0 Å². The molecule has 7 heteroatoms. The topological polar surface area (TPSA) is 93.8 Å². The second kappa shape index (κ2) is 4.62. The summed E-state index contributed by atoms with van der Waals surface area (Å²) in [6.07, 6.45) is 0. The van der Waals surface area contributed by atoms with Crippen molar-refractivity contribution in [3.63, 3.8) is 0 Å². The summed E-state index contributed by atoms with van der Waals surface area (Å²) < 4.78 is 0. The van der Waals surface area contributed by atoms with Crippen LogP contribution in [0.2, 0.25) is 0 Å². The summed E-state index contributed by atoms with van der Waals surface area (Å²) in [7, 11) is 0. The molecule has 1 aromatic carbocycles. The molecule has 0 saturated carbocycles. The van der Waals surface area contributed by atoms with Crippen LogP contribution in [0, 0.1) is 0 Å². The van der Waals surface area contributed by atoms with E-state index >= 15 is 0 Å². The van der Waals surface area contributed by atoms with Crippen molar-refractivity contribution in [3.05, 3.63) is 42.1 Å². The Morgan fingerprint density at radius 2 is 2.00 bits per heavy atom. The molecule has 2 heterocycles. The quantitative estimate of drug-likeness (QED) is 0.742. The predicted octanol–water partition coefficient (Wildman–Crippen LogP) is 1.92. The van der Waals surface area contributed by atoms with Crippen LogP contribution in [0.1, 0.15) is 10.5 Å². The van der Waals surface area contributed by atoms with Gasteiger partial charge in [-0.15, -0.1) is 10.2 Å². The fraction of sp³-hybridized carbons (Fsp3) is 0. The van der Waals surface area contributed by atoms with Crippen molar-refractivity contribution in [1.29, 1.82) is 0 Å². The number of benzene rings is 1. The first-order valence-corrected chi connectivity index (χ1v) is 6.30. The molecule has 0 spiro atoms. The van der Waals surface area contributed by atoms with Crippen molar-refractivity contribution in [1.82, 2.24) is 15.2 Å². The number of nitrogens with one attached hydrogen (secondary N) is 1. The Bertz CT molecular complexity index is 754. The summed E-state index contributed by atoms with van der Waals surface area (Å²) >= 11 is 1.11. The summed E-state index contributed by atoms with van der Waals surface area (Å²) in [6, 6.07) is 11.1. The fourth-order valence-electron chi connectivity index (χ4n) is 1.64. The molecule has 0 fully saturated rings. The van der Waals surface area contributed by atoms with Crippen LogP contribution in [-0.2, 0) is 0 Å². The van der Waals surface area contributed by atoms with Gasteiger partial charge >= 0.3 is 0 Å². The highest BCUT2D eigenvalue weighted by Gasteiger charge is 2.11. The minimum absolute atomic E-state index is 0.307. The van der Waals surface area contributed by atoms with E-state index in [2.05, 4.69) is 20.5 Å². The SMILES string of the molecule is Nc1nnc(NC(=O)c2ccc3ccccc3n2)s1. The van der Waals surface area contributed by atoms with Gasteiger partial charge in [-0.3, -0.25) is 10.1 Å². The number of carbonyl (C=O) groups excluding carboxylic acids is 1. The molecule has 0 atom stereocenters. The Kier molecular flexibility index (Phi) is 2.81. The number of hydrogen-bond donors (Lipinski definition) is 2. The van der Waals surface area contributed by atoms with Crippen LogP contribution < -0.4 is 11.1 Å². The van der Waals surface area contributed by atoms with Crippen molar-refractivity contribution in [3.8, 4) is 0 Å². The van der Waals surface area contributed by atoms with Crippen LogP contribution >= 0.6 is 11.3 Å². The highest BCUT2D eigenvalue weighted by molar-refractivity contribution is 7.19. The molecule has 6 nitrogen and oxygen atoms in total. The van der Waals surface area contributed by atoms with E-state index in [1.807, 2.05) is 30.3 Å². The lowest BCUT2D eigenvalue weighted by molar-refractivity contribution is 0.102. The molecule has 0 aliphatic rings. The van der Waals surface area contributed by atoms with Gasteiger partial charge in [0.05, 0.1) is 5.52 Å². The molecule has 0 aliphatic carbocycles. The average Bonchev–Trinajstić information content (AvgIpc) is 2.83. The van der Waals surface area contributed by atoms with Gasteiger partial charge < -0.3 is 5.73 Å². The Morgan fingerprint density at radius 3 is 2.79 bits per heavy atom. The highest BCUT2D eigenvalue weighted by Crippen LogP contribution is 2.18. The molecule has 0 aliphatic heterocycles. The van der Waals surface area contributed by atoms with E-state index < -0.39 is 0 Å². The maximum atomic E-state index is 12.0. The number of anilines is 2. The van der Waals surface area contributed by atoms with Gasteiger partial charge in [-0.05, 0) is 12.1 Å². The van der Waals surface area contributed by atoms with Gasteiger partial charge in [0.2, 0.25) is 10.3 Å². The first-order chi connectivity index (χ1) is 9.22. The van der Waals surface area contributed by atoms with E-state index in [1.54, 1.807) is 6.07 Å². The van der Waals surface area contributed by atoms with Crippen LogP contribution in [0.4, 0.5) is 10.3 Å². The number of nitrogens with two attached hydrogens (primary N) is 1. The molecule has 0 saturated heterocycles. The molecular weight excluding hydrogens is 262 g/mol. The van der Waals surface area contributed by atoms with Crippen molar-refractivity contribution < 1.29 is 4.79 Å². The zero-order valence-electron chi connectivity index (χ0n) is 9.70. The van der Waals surface area contributed by atoms with Crippen LogP contribution in [0.15, 0.2) is 36.4 Å². The Labute approximate surface area is 112 Å². The van der Waals surface area contributed by atoms with E-state index in [-0.39, 0.29) is 5.91 Å². The van der Waals surface area contributed by atoms with E-state index in [0.29, 0.717) is 16.0 Å². The molecule has 19 heavy (non-hydrogen) atoms. The number of nitrogens with zero attached hydrogens (tertiary/aromatic N) is 3. The number of carbonyl (C=O) groups is 1. The normalized spacial score (nSPS) is 10.5. The Balaban J connectivity index is 1.89. The zero-order chi connectivity index (χ0) is 13.2. The first-order valence-electron chi connectivity index (χ1n) is 5.48. The minimum atomic E-state index is -0.332. The molecule has 2 aromatic heterocycles. The third kappa shape index (κ3) is 2.36. The number of fused-ring (bicyclic) bond motifs is 1. The maximum Gasteiger partial charge on any atom is 0.276 e. The lowest BCUT2D eigenvalue weighted by Crippen LogP contribution is -2.13. The molecule has 3 rings (SSSR count). The number of rotatable bonds is 2.